The van der Waals surface area contributed by atoms with E-state index in [0.29, 0.717) is 11.9 Å². The molecule has 0 aliphatic carbocycles. The Morgan fingerprint density at radius 1 is 1.17 bits per heavy atom. The zero-order valence-corrected chi connectivity index (χ0v) is 15.0. The summed E-state index contributed by atoms with van der Waals surface area (Å²) in [7, 11) is 3.48. The first-order valence-corrected chi connectivity index (χ1v) is 8.20. The summed E-state index contributed by atoms with van der Waals surface area (Å²) in [4.78, 5) is 17.7. The molecule has 1 aromatic rings. The second kappa shape index (κ2) is 9.87. The molecule has 0 fully saturated rings. The Kier molecular flexibility index (Phi) is 8.16. The third-order valence-electron chi connectivity index (χ3n) is 3.54. The number of hydrogen-bond donors (Lipinski definition) is 2. The van der Waals surface area contributed by atoms with Gasteiger partial charge in [-0.05, 0) is 24.8 Å². The van der Waals surface area contributed by atoms with Crippen molar-refractivity contribution in [2.75, 3.05) is 27.2 Å². The van der Waals surface area contributed by atoms with E-state index in [2.05, 4.69) is 48.5 Å². The Bertz CT molecular complexity index is 497. The molecule has 1 unspecified atom stereocenters. The van der Waals surface area contributed by atoms with Crippen molar-refractivity contribution in [2.24, 2.45) is 10.9 Å². The second-order valence-corrected chi connectivity index (χ2v) is 6.34. The Morgan fingerprint density at radius 2 is 1.83 bits per heavy atom. The van der Waals surface area contributed by atoms with Gasteiger partial charge in [0.1, 0.15) is 6.54 Å². The summed E-state index contributed by atoms with van der Waals surface area (Å²) in [6.45, 7) is 7.44. The summed E-state index contributed by atoms with van der Waals surface area (Å²) in [6, 6.07) is 10.3. The Hall–Kier alpha value is -2.04. The van der Waals surface area contributed by atoms with E-state index in [4.69, 9.17) is 0 Å². The third kappa shape index (κ3) is 7.68. The molecule has 0 radical (unpaired) electrons. The molecule has 0 bridgehead atoms. The number of hydrogen-bond acceptors (Lipinski definition) is 2. The van der Waals surface area contributed by atoms with Crippen LogP contribution in [0.2, 0.25) is 0 Å². The van der Waals surface area contributed by atoms with Gasteiger partial charge < -0.3 is 15.5 Å². The lowest BCUT2D eigenvalue weighted by Gasteiger charge is -2.19. The van der Waals surface area contributed by atoms with E-state index in [-0.39, 0.29) is 18.5 Å². The van der Waals surface area contributed by atoms with Crippen LogP contribution in [-0.2, 0) is 4.79 Å². The third-order valence-corrected chi connectivity index (χ3v) is 3.54. The summed E-state index contributed by atoms with van der Waals surface area (Å²) in [5, 5.41) is 6.68. The highest BCUT2D eigenvalue weighted by Gasteiger charge is 2.09. The van der Waals surface area contributed by atoms with Gasteiger partial charge >= 0.3 is 0 Å². The van der Waals surface area contributed by atoms with E-state index in [9.17, 15) is 4.79 Å². The van der Waals surface area contributed by atoms with Crippen LogP contribution in [0.3, 0.4) is 0 Å². The Morgan fingerprint density at radius 3 is 2.39 bits per heavy atom. The van der Waals surface area contributed by atoms with Crippen LogP contribution in [0.4, 0.5) is 0 Å². The fourth-order valence-electron chi connectivity index (χ4n) is 1.95. The molecule has 0 aliphatic rings. The quantitative estimate of drug-likeness (QED) is 0.599. The molecule has 128 valence electrons. The molecule has 0 saturated carbocycles. The van der Waals surface area contributed by atoms with Gasteiger partial charge in [-0.15, -0.1) is 0 Å². The maximum absolute atomic E-state index is 11.7. The second-order valence-electron chi connectivity index (χ2n) is 6.34. The van der Waals surface area contributed by atoms with Crippen LogP contribution in [-0.4, -0.2) is 44.0 Å². The van der Waals surface area contributed by atoms with Gasteiger partial charge in [0.15, 0.2) is 5.96 Å². The zero-order valence-electron chi connectivity index (χ0n) is 15.0. The Balaban J connectivity index is 2.69. The summed E-state index contributed by atoms with van der Waals surface area (Å²) in [6.07, 6.45) is 1.06. The van der Waals surface area contributed by atoms with Crippen molar-refractivity contribution in [1.29, 1.82) is 0 Å². The van der Waals surface area contributed by atoms with Crippen molar-refractivity contribution in [3.8, 4) is 0 Å². The maximum atomic E-state index is 11.7. The number of likely N-dealkylation sites (N-methyl/N-ethyl adjacent to an activating group) is 1. The lowest BCUT2D eigenvalue weighted by molar-refractivity contribution is -0.127. The van der Waals surface area contributed by atoms with Crippen LogP contribution in [0.25, 0.3) is 0 Å². The SMILES string of the molecule is CC(C)CCNC(=NCC(=O)N(C)C)NC(C)c1ccccc1. The zero-order chi connectivity index (χ0) is 17.2. The van der Waals surface area contributed by atoms with E-state index >= 15 is 0 Å². The summed E-state index contributed by atoms with van der Waals surface area (Å²) in [5.74, 6) is 1.29. The highest BCUT2D eigenvalue weighted by molar-refractivity contribution is 5.85. The molecule has 0 aromatic heterocycles. The summed E-state index contributed by atoms with van der Waals surface area (Å²) >= 11 is 0. The number of amides is 1. The van der Waals surface area contributed by atoms with Gasteiger partial charge in [-0.25, -0.2) is 4.99 Å². The first-order valence-electron chi connectivity index (χ1n) is 8.20. The van der Waals surface area contributed by atoms with Crippen LogP contribution >= 0.6 is 0 Å². The predicted octanol–water partition coefficient (Wildman–Crippen LogP) is 2.42. The minimum absolute atomic E-state index is 0.0117. The topological polar surface area (TPSA) is 56.7 Å². The molecule has 0 aliphatic heterocycles. The van der Waals surface area contributed by atoms with Crippen molar-refractivity contribution < 1.29 is 4.79 Å². The number of carbonyl (C=O) groups excluding carboxylic acids is 1. The molecule has 5 nitrogen and oxygen atoms in total. The van der Waals surface area contributed by atoms with Crippen molar-refractivity contribution in [3.63, 3.8) is 0 Å². The van der Waals surface area contributed by atoms with E-state index < -0.39 is 0 Å². The number of benzene rings is 1. The fourth-order valence-corrected chi connectivity index (χ4v) is 1.95. The number of nitrogens with one attached hydrogen (secondary N) is 2. The van der Waals surface area contributed by atoms with E-state index in [1.807, 2.05) is 18.2 Å². The van der Waals surface area contributed by atoms with Crippen LogP contribution in [0.1, 0.15) is 38.8 Å². The predicted molar refractivity (Wildman–Crippen MR) is 96.4 cm³/mol. The minimum Gasteiger partial charge on any atom is -0.356 e. The van der Waals surface area contributed by atoms with Gasteiger partial charge in [-0.3, -0.25) is 4.79 Å². The van der Waals surface area contributed by atoms with Crippen molar-refractivity contribution in [1.82, 2.24) is 15.5 Å². The lowest BCUT2D eigenvalue weighted by Crippen LogP contribution is -2.40. The molecule has 23 heavy (non-hydrogen) atoms. The van der Waals surface area contributed by atoms with E-state index in [1.54, 1.807) is 19.0 Å². The molecule has 2 N–H and O–H groups in total. The van der Waals surface area contributed by atoms with Crippen LogP contribution < -0.4 is 10.6 Å². The molecular weight excluding hydrogens is 288 g/mol. The van der Waals surface area contributed by atoms with Gasteiger partial charge in [0.2, 0.25) is 5.91 Å². The van der Waals surface area contributed by atoms with Gasteiger partial charge in [0, 0.05) is 20.6 Å². The molecule has 1 amide bonds. The van der Waals surface area contributed by atoms with Gasteiger partial charge in [-0.1, -0.05) is 44.2 Å². The summed E-state index contributed by atoms with van der Waals surface area (Å²) < 4.78 is 0. The van der Waals surface area contributed by atoms with Crippen LogP contribution in [0.5, 0.6) is 0 Å². The fraction of sp³-hybridized carbons (Fsp3) is 0.556. The highest BCUT2D eigenvalue weighted by Crippen LogP contribution is 2.10. The molecule has 0 spiro atoms. The average Bonchev–Trinajstić information content (AvgIpc) is 2.52. The largest absolute Gasteiger partial charge is 0.356 e. The monoisotopic (exact) mass is 318 g/mol. The smallest absolute Gasteiger partial charge is 0.243 e. The van der Waals surface area contributed by atoms with Crippen molar-refractivity contribution >= 4 is 11.9 Å². The Labute approximate surface area is 140 Å². The molecule has 1 aromatic carbocycles. The van der Waals surface area contributed by atoms with E-state index in [0.717, 1.165) is 13.0 Å². The molecular formula is C18H30N4O. The molecule has 5 heteroatoms. The van der Waals surface area contributed by atoms with Gasteiger partial charge in [0.05, 0.1) is 6.04 Å². The number of rotatable bonds is 7. The normalized spacial score (nSPS) is 12.9. The maximum Gasteiger partial charge on any atom is 0.243 e. The molecule has 1 atom stereocenters. The van der Waals surface area contributed by atoms with Crippen molar-refractivity contribution in [3.05, 3.63) is 35.9 Å². The first kappa shape index (κ1) is 19.0. The van der Waals surface area contributed by atoms with Crippen LogP contribution in [0, 0.1) is 5.92 Å². The molecule has 0 saturated heterocycles. The van der Waals surface area contributed by atoms with Gasteiger partial charge in [0.25, 0.3) is 0 Å². The standard InChI is InChI=1S/C18H30N4O/c1-14(2)11-12-19-18(20-13-17(23)22(4)5)21-15(3)16-9-7-6-8-10-16/h6-10,14-15H,11-13H2,1-5H3,(H2,19,20,21). The van der Waals surface area contributed by atoms with Gasteiger partial charge in [-0.2, -0.15) is 0 Å². The molecule has 1 rings (SSSR count). The van der Waals surface area contributed by atoms with E-state index in [1.165, 1.54) is 5.56 Å². The number of guanidine groups is 1. The number of aliphatic imine (C=N–C) groups is 1. The average molecular weight is 318 g/mol. The first-order chi connectivity index (χ1) is 10.9. The minimum atomic E-state index is -0.0117. The molecule has 0 heterocycles. The summed E-state index contributed by atoms with van der Waals surface area (Å²) in [5.41, 5.74) is 1.18. The number of carbonyl (C=O) groups is 1. The van der Waals surface area contributed by atoms with Crippen LogP contribution in [0.15, 0.2) is 35.3 Å². The highest BCUT2D eigenvalue weighted by atomic mass is 16.2. The number of nitrogens with zero attached hydrogens (tertiary/aromatic N) is 2. The van der Waals surface area contributed by atoms with Crippen molar-refractivity contribution in [2.45, 2.75) is 33.2 Å². The lowest BCUT2D eigenvalue weighted by atomic mass is 10.1.